The fraction of sp³-hybridized carbons (Fsp3) is 0.286. The average molecular weight is 383 g/mol. The Kier molecular flexibility index (Phi) is 3.19. The highest BCUT2D eigenvalue weighted by atomic mass is 127. The van der Waals surface area contributed by atoms with Gasteiger partial charge < -0.3 is 10.5 Å². The SMILES string of the molecule is Cc1cc(N=O)c2c(c1)=C1OC(N)(I)C=CC1C(N)C=2. The maximum absolute atomic E-state index is 11.0. The minimum atomic E-state index is -0.892. The fourth-order valence-electron chi connectivity index (χ4n) is 2.66. The number of ether oxygens (including phenoxy) is 1. The van der Waals surface area contributed by atoms with Gasteiger partial charge in [0.1, 0.15) is 11.4 Å². The van der Waals surface area contributed by atoms with Crippen LogP contribution in [-0.4, -0.2) is 9.77 Å². The number of rotatable bonds is 1. The van der Waals surface area contributed by atoms with Crippen LogP contribution in [-0.2, 0) is 4.74 Å². The molecule has 0 saturated heterocycles. The Morgan fingerprint density at radius 1 is 1.45 bits per heavy atom. The predicted molar refractivity (Wildman–Crippen MR) is 86.4 cm³/mol. The first kappa shape index (κ1) is 13.7. The van der Waals surface area contributed by atoms with E-state index in [1.165, 1.54) is 0 Å². The lowest BCUT2D eigenvalue weighted by Crippen LogP contribution is -2.48. The second kappa shape index (κ2) is 4.64. The molecule has 20 heavy (non-hydrogen) atoms. The van der Waals surface area contributed by atoms with Gasteiger partial charge in [0, 0.05) is 16.5 Å². The summed E-state index contributed by atoms with van der Waals surface area (Å²) in [7, 11) is 0. The lowest BCUT2D eigenvalue weighted by Gasteiger charge is -2.34. The monoisotopic (exact) mass is 383 g/mol. The number of benzene rings is 1. The van der Waals surface area contributed by atoms with Gasteiger partial charge in [0.15, 0.2) is 0 Å². The van der Waals surface area contributed by atoms with Crippen molar-refractivity contribution >= 4 is 40.1 Å². The molecule has 0 fully saturated rings. The van der Waals surface area contributed by atoms with Gasteiger partial charge in [-0.3, -0.25) is 5.73 Å². The molecule has 0 saturated carbocycles. The lowest BCUT2D eigenvalue weighted by molar-refractivity contribution is 0.168. The van der Waals surface area contributed by atoms with E-state index in [4.69, 9.17) is 16.2 Å². The minimum Gasteiger partial charge on any atom is -0.463 e. The van der Waals surface area contributed by atoms with E-state index in [0.29, 0.717) is 11.4 Å². The highest BCUT2D eigenvalue weighted by molar-refractivity contribution is 14.1. The molecule has 1 aliphatic heterocycles. The van der Waals surface area contributed by atoms with Gasteiger partial charge >= 0.3 is 0 Å². The smallest absolute Gasteiger partial charge is 0.229 e. The van der Waals surface area contributed by atoms with Crippen LogP contribution in [0.5, 0.6) is 0 Å². The van der Waals surface area contributed by atoms with Gasteiger partial charge in [-0.1, -0.05) is 12.2 Å². The Balaban J connectivity index is 2.40. The first-order valence-electron chi connectivity index (χ1n) is 6.23. The molecule has 0 bridgehead atoms. The summed E-state index contributed by atoms with van der Waals surface area (Å²) in [5.74, 6) is 0.651. The van der Waals surface area contributed by atoms with Crippen LogP contribution in [0.25, 0.3) is 11.8 Å². The van der Waals surface area contributed by atoms with E-state index in [0.717, 1.165) is 16.0 Å². The summed E-state index contributed by atoms with van der Waals surface area (Å²) in [4.78, 5) is 11.0. The third-order valence-corrected chi connectivity index (χ3v) is 4.12. The van der Waals surface area contributed by atoms with E-state index in [2.05, 4.69) is 5.18 Å². The molecule has 3 unspecified atom stereocenters. The first-order valence-corrected chi connectivity index (χ1v) is 7.31. The number of nitroso groups, excluding NO2 is 1. The largest absolute Gasteiger partial charge is 0.463 e. The number of hydrogen-bond acceptors (Lipinski definition) is 5. The normalized spacial score (nSPS) is 30.9. The van der Waals surface area contributed by atoms with Gasteiger partial charge in [0.25, 0.3) is 0 Å². The van der Waals surface area contributed by atoms with Gasteiger partial charge in [-0.25, -0.2) is 0 Å². The molecule has 1 heterocycles. The second-order valence-electron chi connectivity index (χ2n) is 5.13. The van der Waals surface area contributed by atoms with Crippen LogP contribution in [0.2, 0.25) is 0 Å². The Hall–Kier alpha value is -1.25. The van der Waals surface area contributed by atoms with Crippen molar-refractivity contribution in [3.63, 3.8) is 0 Å². The van der Waals surface area contributed by atoms with Crippen LogP contribution < -0.4 is 21.9 Å². The van der Waals surface area contributed by atoms with E-state index in [1.807, 2.05) is 47.7 Å². The van der Waals surface area contributed by atoms with E-state index in [-0.39, 0.29) is 12.0 Å². The van der Waals surface area contributed by atoms with Gasteiger partial charge in [-0.2, -0.15) is 0 Å². The molecule has 6 heteroatoms. The Labute approximate surface area is 129 Å². The fourth-order valence-corrected chi connectivity index (χ4v) is 3.10. The highest BCUT2D eigenvalue weighted by Gasteiger charge is 2.34. The molecule has 3 rings (SSSR count). The molecule has 5 nitrogen and oxygen atoms in total. The molecule has 3 atom stereocenters. The molecular formula is C14H14IN3O2. The molecule has 1 aromatic rings. The van der Waals surface area contributed by atoms with Crippen LogP contribution in [0, 0.1) is 17.7 Å². The molecule has 1 aliphatic carbocycles. The van der Waals surface area contributed by atoms with Gasteiger partial charge in [-0.15, -0.1) is 4.91 Å². The van der Waals surface area contributed by atoms with E-state index >= 15 is 0 Å². The number of nitrogens with zero attached hydrogens (tertiary/aromatic N) is 1. The summed E-state index contributed by atoms with van der Waals surface area (Å²) >= 11 is 2.02. The lowest BCUT2D eigenvalue weighted by atomic mass is 9.88. The Morgan fingerprint density at radius 2 is 2.20 bits per heavy atom. The van der Waals surface area contributed by atoms with Crippen LogP contribution in [0.3, 0.4) is 0 Å². The van der Waals surface area contributed by atoms with Crippen molar-refractivity contribution in [3.05, 3.63) is 45.2 Å². The molecule has 2 aliphatic rings. The minimum absolute atomic E-state index is 0.0600. The third kappa shape index (κ3) is 2.17. The van der Waals surface area contributed by atoms with Crippen molar-refractivity contribution < 1.29 is 4.74 Å². The van der Waals surface area contributed by atoms with Gasteiger partial charge in [0.2, 0.25) is 3.73 Å². The molecule has 1 aromatic carbocycles. The quantitative estimate of drug-likeness (QED) is 0.248. The highest BCUT2D eigenvalue weighted by Crippen LogP contribution is 2.33. The van der Waals surface area contributed by atoms with Crippen molar-refractivity contribution in [1.82, 2.24) is 0 Å². The van der Waals surface area contributed by atoms with Crippen molar-refractivity contribution in [2.45, 2.75) is 16.7 Å². The number of nitrogens with two attached hydrogens (primary N) is 2. The number of alkyl halides is 1. The van der Waals surface area contributed by atoms with E-state index in [1.54, 1.807) is 12.1 Å². The first-order chi connectivity index (χ1) is 9.41. The maximum Gasteiger partial charge on any atom is 0.229 e. The summed E-state index contributed by atoms with van der Waals surface area (Å²) in [6.07, 6.45) is 5.63. The summed E-state index contributed by atoms with van der Waals surface area (Å²) in [5, 5.41) is 4.67. The van der Waals surface area contributed by atoms with E-state index < -0.39 is 3.73 Å². The summed E-state index contributed by atoms with van der Waals surface area (Å²) in [6, 6.07) is 3.46. The van der Waals surface area contributed by atoms with Crippen molar-refractivity contribution in [2.24, 2.45) is 22.6 Å². The van der Waals surface area contributed by atoms with E-state index in [9.17, 15) is 4.91 Å². The number of aryl methyl sites for hydroxylation is 1. The number of fused-ring (bicyclic) bond motifs is 2. The zero-order valence-corrected chi connectivity index (χ0v) is 13.0. The molecule has 0 amide bonds. The van der Waals surface area contributed by atoms with Gasteiger partial charge in [-0.05, 0) is 58.5 Å². The van der Waals surface area contributed by atoms with Crippen LogP contribution in [0.4, 0.5) is 5.69 Å². The second-order valence-corrected chi connectivity index (χ2v) is 6.82. The zero-order chi connectivity index (χ0) is 14.5. The average Bonchev–Trinajstić information content (AvgIpc) is 2.38. The number of hydrogen-bond donors (Lipinski definition) is 2. The Morgan fingerprint density at radius 3 is 2.90 bits per heavy atom. The summed E-state index contributed by atoms with van der Waals surface area (Å²) in [6.45, 7) is 1.91. The Bertz CT molecular complexity index is 740. The molecular weight excluding hydrogens is 369 g/mol. The standard InChI is InChI=1S/C14H14IN3O2/c1-7-4-10-9(12(5-7)18-19)6-11(16)8-2-3-14(15,17)20-13(8)10/h2-6,8,11H,16-17H2,1H3. The molecule has 4 N–H and O–H groups in total. The molecule has 0 aromatic heterocycles. The van der Waals surface area contributed by atoms with Crippen LogP contribution in [0.1, 0.15) is 5.56 Å². The van der Waals surface area contributed by atoms with Crippen molar-refractivity contribution in [1.29, 1.82) is 0 Å². The number of halogens is 1. The molecule has 0 radical (unpaired) electrons. The van der Waals surface area contributed by atoms with Crippen molar-refractivity contribution in [3.8, 4) is 0 Å². The summed E-state index contributed by atoms with van der Waals surface area (Å²) in [5.41, 5.74) is 13.5. The predicted octanol–water partition coefficient (Wildman–Crippen LogP) is 0.873. The molecule has 0 spiro atoms. The van der Waals surface area contributed by atoms with Crippen LogP contribution >= 0.6 is 22.6 Å². The maximum atomic E-state index is 11.0. The topological polar surface area (TPSA) is 90.7 Å². The molecule has 104 valence electrons. The zero-order valence-electron chi connectivity index (χ0n) is 10.8. The third-order valence-electron chi connectivity index (χ3n) is 3.54. The van der Waals surface area contributed by atoms with Gasteiger partial charge in [0.05, 0.1) is 5.92 Å². The van der Waals surface area contributed by atoms with Crippen molar-refractivity contribution in [2.75, 3.05) is 0 Å². The van der Waals surface area contributed by atoms with Crippen LogP contribution in [0.15, 0.2) is 29.5 Å². The summed E-state index contributed by atoms with van der Waals surface area (Å²) < 4.78 is 4.99.